The molecule has 1 heterocycles. The molecule has 1 aromatic rings. The molecule has 78 valence electrons. The Balaban J connectivity index is 2.41. The first-order valence-corrected chi connectivity index (χ1v) is 6.37. The van der Waals surface area contributed by atoms with Crippen LogP contribution in [0.5, 0.6) is 0 Å². The molecule has 0 aliphatic rings. The number of thiophene rings is 1. The van der Waals surface area contributed by atoms with Crippen LogP contribution in [-0.4, -0.2) is 16.8 Å². The molecule has 0 radical (unpaired) electrons. The summed E-state index contributed by atoms with van der Waals surface area (Å²) in [7, 11) is 0. The minimum atomic E-state index is 0.0284. The van der Waals surface area contributed by atoms with Gasteiger partial charge in [-0.05, 0) is 24.8 Å². The molecule has 1 amide bonds. The van der Waals surface area contributed by atoms with Crippen LogP contribution in [0, 0.1) is 0 Å². The van der Waals surface area contributed by atoms with Crippen molar-refractivity contribution >= 4 is 33.2 Å². The third kappa shape index (κ3) is 3.80. The fraction of sp³-hybridized carbons (Fsp3) is 0.500. The molecule has 2 nitrogen and oxygen atoms in total. The number of halogens is 1. The molecule has 1 aromatic heterocycles. The number of alkyl halides is 1. The molecule has 0 saturated carbocycles. The average Bonchev–Trinajstić information content (AvgIpc) is 2.53. The fourth-order valence-electron chi connectivity index (χ4n) is 1.25. The molecule has 0 aliphatic carbocycles. The van der Waals surface area contributed by atoms with Crippen LogP contribution in [0.25, 0.3) is 0 Å². The van der Waals surface area contributed by atoms with Gasteiger partial charge in [0.15, 0.2) is 0 Å². The summed E-state index contributed by atoms with van der Waals surface area (Å²) in [5.74, 6) is 0.0284. The summed E-state index contributed by atoms with van der Waals surface area (Å²) in [6, 6.07) is 3.93. The van der Waals surface area contributed by atoms with Crippen LogP contribution in [0.3, 0.4) is 0 Å². The highest BCUT2D eigenvalue weighted by atomic mass is 79.9. The monoisotopic (exact) mass is 275 g/mol. The number of hydrogen-bond acceptors (Lipinski definition) is 2. The van der Waals surface area contributed by atoms with Crippen molar-refractivity contribution in [3.05, 3.63) is 22.4 Å². The van der Waals surface area contributed by atoms with Crippen molar-refractivity contribution < 1.29 is 4.79 Å². The Morgan fingerprint density at radius 3 is 2.86 bits per heavy atom. The summed E-state index contributed by atoms with van der Waals surface area (Å²) in [5, 5.41) is 4.86. The van der Waals surface area contributed by atoms with Gasteiger partial charge in [0, 0.05) is 10.9 Å². The van der Waals surface area contributed by atoms with Crippen LogP contribution in [0.4, 0.5) is 0 Å². The molecule has 4 heteroatoms. The summed E-state index contributed by atoms with van der Waals surface area (Å²) in [5.41, 5.74) is 0. The van der Waals surface area contributed by atoms with E-state index in [0.29, 0.717) is 4.83 Å². The largest absolute Gasteiger partial charge is 0.349 e. The first kappa shape index (κ1) is 11.7. The summed E-state index contributed by atoms with van der Waals surface area (Å²) < 4.78 is 0. The van der Waals surface area contributed by atoms with Crippen molar-refractivity contribution in [2.24, 2.45) is 0 Å². The third-order valence-corrected chi connectivity index (χ3v) is 3.04. The third-order valence-electron chi connectivity index (χ3n) is 1.80. The first-order valence-electron chi connectivity index (χ1n) is 4.58. The lowest BCUT2D eigenvalue weighted by Gasteiger charge is -2.14. The lowest BCUT2D eigenvalue weighted by atomic mass is 10.2. The molecule has 0 bridgehead atoms. The Bertz CT molecular complexity index is 284. The highest BCUT2D eigenvalue weighted by Crippen LogP contribution is 2.10. The van der Waals surface area contributed by atoms with E-state index in [4.69, 9.17) is 0 Å². The SMILES string of the molecule is CC(Br)CC(C)NC(=O)c1cccs1. The summed E-state index contributed by atoms with van der Waals surface area (Å²) in [6.07, 6.45) is 0.942. The summed E-state index contributed by atoms with van der Waals surface area (Å²) in [4.78, 5) is 12.8. The van der Waals surface area contributed by atoms with Crippen molar-refractivity contribution in [2.75, 3.05) is 0 Å². The Morgan fingerprint density at radius 2 is 2.36 bits per heavy atom. The van der Waals surface area contributed by atoms with Crippen molar-refractivity contribution in [1.82, 2.24) is 5.32 Å². The number of carbonyl (C=O) groups is 1. The van der Waals surface area contributed by atoms with E-state index in [0.717, 1.165) is 11.3 Å². The topological polar surface area (TPSA) is 29.1 Å². The minimum Gasteiger partial charge on any atom is -0.349 e. The molecule has 0 aliphatic heterocycles. The van der Waals surface area contributed by atoms with Gasteiger partial charge in [0.1, 0.15) is 0 Å². The summed E-state index contributed by atoms with van der Waals surface area (Å²) in [6.45, 7) is 4.09. The van der Waals surface area contributed by atoms with Gasteiger partial charge >= 0.3 is 0 Å². The standard InChI is InChI=1S/C10H14BrNOS/c1-7(11)6-8(2)12-10(13)9-4-3-5-14-9/h3-5,7-8H,6H2,1-2H3,(H,12,13). The van der Waals surface area contributed by atoms with E-state index < -0.39 is 0 Å². The van der Waals surface area contributed by atoms with E-state index >= 15 is 0 Å². The second kappa shape index (κ2) is 5.51. The molecule has 2 unspecified atom stereocenters. The maximum absolute atomic E-state index is 11.6. The van der Waals surface area contributed by atoms with Crippen molar-refractivity contribution in [1.29, 1.82) is 0 Å². The molecule has 0 aromatic carbocycles. The molecule has 2 atom stereocenters. The van der Waals surface area contributed by atoms with Gasteiger partial charge in [-0.1, -0.05) is 28.9 Å². The van der Waals surface area contributed by atoms with E-state index in [2.05, 4.69) is 28.2 Å². The van der Waals surface area contributed by atoms with Crippen LogP contribution < -0.4 is 5.32 Å². The molecule has 0 spiro atoms. The molecule has 0 fully saturated rings. The predicted octanol–water partition coefficient (Wildman–Crippen LogP) is 3.04. The molecule has 0 saturated heterocycles. The van der Waals surface area contributed by atoms with Gasteiger partial charge in [-0.25, -0.2) is 0 Å². The Labute approximate surface area is 96.8 Å². The quantitative estimate of drug-likeness (QED) is 0.841. The number of nitrogens with one attached hydrogen (secondary N) is 1. The summed E-state index contributed by atoms with van der Waals surface area (Å²) >= 11 is 4.93. The van der Waals surface area contributed by atoms with Gasteiger partial charge in [0.25, 0.3) is 5.91 Å². The lowest BCUT2D eigenvalue weighted by Crippen LogP contribution is -2.33. The molecule has 14 heavy (non-hydrogen) atoms. The van der Waals surface area contributed by atoms with Gasteiger partial charge in [-0.2, -0.15) is 0 Å². The van der Waals surface area contributed by atoms with Gasteiger partial charge in [0.05, 0.1) is 4.88 Å². The normalized spacial score (nSPS) is 14.8. The average molecular weight is 276 g/mol. The van der Waals surface area contributed by atoms with E-state index in [1.54, 1.807) is 0 Å². The Morgan fingerprint density at radius 1 is 1.64 bits per heavy atom. The van der Waals surface area contributed by atoms with Crippen LogP contribution in [-0.2, 0) is 0 Å². The van der Waals surface area contributed by atoms with E-state index in [-0.39, 0.29) is 11.9 Å². The number of hydrogen-bond donors (Lipinski definition) is 1. The first-order chi connectivity index (χ1) is 6.59. The predicted molar refractivity (Wildman–Crippen MR) is 64.3 cm³/mol. The zero-order valence-corrected chi connectivity index (χ0v) is 10.7. The number of rotatable bonds is 4. The minimum absolute atomic E-state index is 0.0284. The van der Waals surface area contributed by atoms with Crippen LogP contribution in [0.15, 0.2) is 17.5 Å². The second-order valence-electron chi connectivity index (χ2n) is 3.37. The van der Waals surface area contributed by atoms with E-state index in [1.165, 1.54) is 11.3 Å². The maximum Gasteiger partial charge on any atom is 0.261 e. The lowest BCUT2D eigenvalue weighted by molar-refractivity contribution is 0.0943. The highest BCUT2D eigenvalue weighted by Gasteiger charge is 2.11. The number of amides is 1. The van der Waals surface area contributed by atoms with Crippen LogP contribution in [0.2, 0.25) is 0 Å². The zero-order valence-electron chi connectivity index (χ0n) is 8.29. The van der Waals surface area contributed by atoms with Crippen molar-refractivity contribution in [3.63, 3.8) is 0 Å². The molecule has 1 rings (SSSR count). The molecular formula is C10H14BrNOS. The highest BCUT2D eigenvalue weighted by molar-refractivity contribution is 9.09. The van der Waals surface area contributed by atoms with E-state index in [9.17, 15) is 4.79 Å². The molecule has 1 N–H and O–H groups in total. The fourth-order valence-corrected chi connectivity index (χ4v) is 2.44. The Kier molecular flexibility index (Phi) is 4.62. The van der Waals surface area contributed by atoms with Gasteiger partial charge in [-0.15, -0.1) is 11.3 Å². The maximum atomic E-state index is 11.6. The zero-order chi connectivity index (χ0) is 10.6. The van der Waals surface area contributed by atoms with Crippen molar-refractivity contribution in [2.45, 2.75) is 31.1 Å². The van der Waals surface area contributed by atoms with Gasteiger partial charge in [-0.3, -0.25) is 4.79 Å². The number of carbonyl (C=O) groups excluding carboxylic acids is 1. The van der Waals surface area contributed by atoms with Crippen LogP contribution in [0.1, 0.15) is 29.9 Å². The van der Waals surface area contributed by atoms with Crippen molar-refractivity contribution in [3.8, 4) is 0 Å². The Hall–Kier alpha value is -0.350. The van der Waals surface area contributed by atoms with Gasteiger partial charge in [0.2, 0.25) is 0 Å². The van der Waals surface area contributed by atoms with Crippen LogP contribution >= 0.6 is 27.3 Å². The smallest absolute Gasteiger partial charge is 0.261 e. The van der Waals surface area contributed by atoms with Gasteiger partial charge < -0.3 is 5.32 Å². The molecular weight excluding hydrogens is 262 g/mol. The second-order valence-corrected chi connectivity index (χ2v) is 5.88. The van der Waals surface area contributed by atoms with E-state index in [1.807, 2.05) is 24.4 Å².